The second-order valence-electron chi connectivity index (χ2n) is 11.3. The number of nitrogens with zero attached hydrogens (tertiary/aromatic N) is 10. The molecule has 0 aliphatic carbocycles. The van der Waals surface area contributed by atoms with Gasteiger partial charge in [0.05, 0.1) is 0 Å². The SMILES string of the molecule is CCC(=C(CC)c1ccc(Oc2nc(N3CC3)nc(N3CC3)n2)cc1)c1ccc(Oc2nc(N3CC3)nc(N3CC3)n2)cc1. The molecule has 12 heteroatoms. The molecule has 4 aliphatic heterocycles. The topological polar surface area (TPSA) is 108 Å². The lowest BCUT2D eigenvalue weighted by molar-refractivity contribution is 0.440. The molecule has 4 aliphatic rings. The van der Waals surface area contributed by atoms with Gasteiger partial charge in [0.15, 0.2) is 0 Å². The van der Waals surface area contributed by atoms with E-state index in [0.717, 1.165) is 76.3 Å². The Bertz CT molecular complexity index is 1520. The molecule has 4 fully saturated rings. The van der Waals surface area contributed by atoms with Crippen molar-refractivity contribution in [1.29, 1.82) is 0 Å². The largest absolute Gasteiger partial charge is 0.424 e. The zero-order chi connectivity index (χ0) is 29.6. The quantitative estimate of drug-likeness (QED) is 0.169. The minimum Gasteiger partial charge on any atom is -0.424 e. The van der Waals surface area contributed by atoms with Gasteiger partial charge in [-0.1, -0.05) is 38.1 Å². The maximum atomic E-state index is 6.10. The Kier molecular flexibility index (Phi) is 6.61. The maximum Gasteiger partial charge on any atom is 0.328 e. The predicted molar refractivity (Wildman–Crippen MR) is 169 cm³/mol. The van der Waals surface area contributed by atoms with Gasteiger partial charge in [-0.15, -0.1) is 0 Å². The van der Waals surface area contributed by atoms with Crippen molar-refractivity contribution in [1.82, 2.24) is 29.9 Å². The van der Waals surface area contributed by atoms with Gasteiger partial charge in [0.1, 0.15) is 11.5 Å². The number of hydrogen-bond donors (Lipinski definition) is 0. The van der Waals surface area contributed by atoms with Crippen LogP contribution in [0.3, 0.4) is 0 Å². The molecule has 0 N–H and O–H groups in total. The van der Waals surface area contributed by atoms with Crippen LogP contribution < -0.4 is 29.1 Å². The molecule has 8 rings (SSSR count). The van der Waals surface area contributed by atoms with E-state index in [4.69, 9.17) is 9.47 Å². The number of anilines is 4. The van der Waals surface area contributed by atoms with Gasteiger partial charge in [-0.2, -0.15) is 29.9 Å². The Morgan fingerprint density at radius 1 is 0.477 bits per heavy atom. The summed E-state index contributed by atoms with van der Waals surface area (Å²) in [6, 6.07) is 17.1. The molecule has 44 heavy (non-hydrogen) atoms. The zero-order valence-corrected chi connectivity index (χ0v) is 25.0. The van der Waals surface area contributed by atoms with Crippen molar-refractivity contribution in [2.75, 3.05) is 72.0 Å². The summed E-state index contributed by atoms with van der Waals surface area (Å²) in [5, 5.41) is 0. The molecule has 0 unspecified atom stereocenters. The molecule has 224 valence electrons. The van der Waals surface area contributed by atoms with Crippen LogP contribution in [-0.4, -0.2) is 82.3 Å². The van der Waals surface area contributed by atoms with Gasteiger partial charge in [0, 0.05) is 52.4 Å². The minimum absolute atomic E-state index is 0.332. The van der Waals surface area contributed by atoms with Gasteiger partial charge in [0.25, 0.3) is 0 Å². The standard InChI is InChI=1S/C32H34N10O2/c1-3-25(21-5-9-23(10-6-21)43-31-35-27(39-13-14-39)33-28(36-31)40-15-16-40)26(4-2)22-7-11-24(12-8-22)44-32-37-29(41-17-18-41)34-30(38-32)42-19-20-42/h5-12H,3-4,13-20H2,1-2H3. The van der Waals surface area contributed by atoms with E-state index in [1.165, 1.54) is 11.1 Å². The van der Waals surface area contributed by atoms with Crippen LogP contribution in [0, 0.1) is 0 Å². The third kappa shape index (κ3) is 5.79. The summed E-state index contributed by atoms with van der Waals surface area (Å²) >= 11 is 0. The summed E-state index contributed by atoms with van der Waals surface area (Å²) < 4.78 is 12.2. The molecule has 2 aromatic carbocycles. The first-order chi connectivity index (χ1) is 21.6. The average Bonchev–Trinajstić information content (AvgIpc) is 3.85. The highest BCUT2D eigenvalue weighted by Crippen LogP contribution is 2.35. The van der Waals surface area contributed by atoms with Gasteiger partial charge in [0.2, 0.25) is 23.8 Å². The molecule has 0 saturated carbocycles. The summed E-state index contributed by atoms with van der Waals surface area (Å²) in [5.74, 6) is 4.14. The van der Waals surface area contributed by atoms with Crippen molar-refractivity contribution in [3.8, 4) is 23.5 Å². The number of hydrogen-bond acceptors (Lipinski definition) is 12. The molecular formula is C32H34N10O2. The van der Waals surface area contributed by atoms with Gasteiger partial charge >= 0.3 is 12.0 Å². The van der Waals surface area contributed by atoms with Crippen LogP contribution in [0.1, 0.15) is 37.8 Å². The lowest BCUT2D eigenvalue weighted by Gasteiger charge is -2.15. The third-order valence-corrected chi connectivity index (χ3v) is 8.00. The van der Waals surface area contributed by atoms with E-state index in [1.807, 2.05) is 24.3 Å². The lowest BCUT2D eigenvalue weighted by atomic mass is 9.91. The van der Waals surface area contributed by atoms with E-state index in [2.05, 4.69) is 87.6 Å². The van der Waals surface area contributed by atoms with Crippen molar-refractivity contribution in [3.05, 3.63) is 59.7 Å². The summed E-state index contributed by atoms with van der Waals surface area (Å²) in [5.41, 5.74) is 4.92. The van der Waals surface area contributed by atoms with E-state index in [0.29, 0.717) is 47.3 Å². The Hall–Kier alpha value is -5.00. The van der Waals surface area contributed by atoms with E-state index in [1.54, 1.807) is 0 Å². The van der Waals surface area contributed by atoms with E-state index in [-0.39, 0.29) is 0 Å². The van der Waals surface area contributed by atoms with Crippen LogP contribution in [0.15, 0.2) is 48.5 Å². The molecule has 0 spiro atoms. The first-order valence-corrected chi connectivity index (χ1v) is 15.4. The summed E-state index contributed by atoms with van der Waals surface area (Å²) in [7, 11) is 0. The first-order valence-electron chi connectivity index (χ1n) is 15.4. The molecule has 0 amide bonds. The molecule has 0 atom stereocenters. The fourth-order valence-electron chi connectivity index (χ4n) is 5.17. The maximum absolute atomic E-state index is 6.10. The van der Waals surface area contributed by atoms with Crippen molar-refractivity contribution < 1.29 is 9.47 Å². The van der Waals surface area contributed by atoms with Crippen LogP contribution in [0.2, 0.25) is 0 Å². The molecule has 4 aromatic rings. The highest BCUT2D eigenvalue weighted by Gasteiger charge is 2.29. The van der Waals surface area contributed by atoms with Crippen molar-refractivity contribution >= 4 is 34.9 Å². The number of benzene rings is 2. The molecular weight excluding hydrogens is 556 g/mol. The average molecular weight is 591 g/mol. The zero-order valence-electron chi connectivity index (χ0n) is 25.0. The second-order valence-corrected chi connectivity index (χ2v) is 11.3. The molecule has 2 aromatic heterocycles. The highest BCUT2D eigenvalue weighted by atomic mass is 16.5. The fourth-order valence-corrected chi connectivity index (χ4v) is 5.17. The number of ether oxygens (including phenoxy) is 2. The summed E-state index contributed by atoms with van der Waals surface area (Å²) in [4.78, 5) is 35.7. The Labute approximate surface area is 256 Å². The summed E-state index contributed by atoms with van der Waals surface area (Å²) in [6.07, 6.45) is 1.80. The molecule has 12 nitrogen and oxygen atoms in total. The number of aromatic nitrogens is 6. The molecule has 0 radical (unpaired) electrons. The van der Waals surface area contributed by atoms with Gasteiger partial charge in [-0.25, -0.2) is 0 Å². The minimum atomic E-state index is 0.332. The predicted octanol–water partition coefficient (Wildman–Crippen LogP) is 4.65. The van der Waals surface area contributed by atoms with Crippen molar-refractivity contribution in [3.63, 3.8) is 0 Å². The highest BCUT2D eigenvalue weighted by molar-refractivity contribution is 5.90. The van der Waals surface area contributed by atoms with Crippen LogP contribution in [0.4, 0.5) is 23.8 Å². The van der Waals surface area contributed by atoms with E-state index < -0.39 is 0 Å². The van der Waals surface area contributed by atoms with Crippen LogP contribution in [0.25, 0.3) is 11.1 Å². The summed E-state index contributed by atoms with van der Waals surface area (Å²) in [6.45, 7) is 12.2. The molecule has 0 bridgehead atoms. The molecule has 6 heterocycles. The van der Waals surface area contributed by atoms with Crippen LogP contribution in [-0.2, 0) is 0 Å². The molecule has 4 saturated heterocycles. The smallest absolute Gasteiger partial charge is 0.328 e. The van der Waals surface area contributed by atoms with Crippen molar-refractivity contribution in [2.45, 2.75) is 26.7 Å². The normalized spacial score (nSPS) is 17.0. The Morgan fingerprint density at radius 3 is 1.02 bits per heavy atom. The lowest BCUT2D eigenvalue weighted by Crippen LogP contribution is -2.07. The van der Waals surface area contributed by atoms with E-state index >= 15 is 0 Å². The third-order valence-electron chi connectivity index (χ3n) is 8.00. The van der Waals surface area contributed by atoms with Gasteiger partial charge in [-0.3, -0.25) is 0 Å². The van der Waals surface area contributed by atoms with Crippen LogP contribution >= 0.6 is 0 Å². The first kappa shape index (κ1) is 26.6. The van der Waals surface area contributed by atoms with E-state index in [9.17, 15) is 0 Å². The van der Waals surface area contributed by atoms with Gasteiger partial charge < -0.3 is 29.1 Å². The Balaban J connectivity index is 1.000. The Morgan fingerprint density at radius 2 is 0.773 bits per heavy atom. The van der Waals surface area contributed by atoms with Crippen molar-refractivity contribution in [2.24, 2.45) is 0 Å². The van der Waals surface area contributed by atoms with Gasteiger partial charge in [-0.05, 0) is 59.4 Å². The van der Waals surface area contributed by atoms with Crippen LogP contribution in [0.5, 0.6) is 23.5 Å². The fraction of sp³-hybridized carbons (Fsp3) is 0.375. The number of allylic oxidation sites excluding steroid dienone is 2. The number of rotatable bonds is 12. The monoisotopic (exact) mass is 590 g/mol. The second kappa shape index (κ2) is 10.9.